The lowest BCUT2D eigenvalue weighted by Crippen LogP contribution is -2.15. The number of imidazole rings is 1. The second-order valence-corrected chi connectivity index (χ2v) is 5.34. The molecule has 0 saturated carbocycles. The van der Waals surface area contributed by atoms with Crippen LogP contribution in [0.3, 0.4) is 0 Å². The number of fused-ring (bicyclic) bond motifs is 1. The number of hydrogen-bond donors (Lipinski definition) is 2. The Hall–Kier alpha value is -2.04. The van der Waals surface area contributed by atoms with Gasteiger partial charge in [-0.25, -0.2) is 4.98 Å². The summed E-state index contributed by atoms with van der Waals surface area (Å²) in [6.07, 6.45) is 0.0928. The second kappa shape index (κ2) is 5.76. The van der Waals surface area contributed by atoms with Crippen LogP contribution in [0.4, 0.5) is 5.95 Å². The van der Waals surface area contributed by atoms with Crippen molar-refractivity contribution in [3.05, 3.63) is 58.1 Å². The van der Waals surface area contributed by atoms with E-state index in [1.165, 1.54) is 0 Å². The molecule has 0 bridgehead atoms. The normalized spacial score (nSPS) is 10.8. The molecule has 0 unspecified atom stereocenters. The van der Waals surface area contributed by atoms with Gasteiger partial charge in [-0.3, -0.25) is 10.1 Å². The predicted molar refractivity (Wildman–Crippen MR) is 84.9 cm³/mol. The zero-order valence-electron chi connectivity index (χ0n) is 10.9. The first kappa shape index (κ1) is 13.9. The van der Waals surface area contributed by atoms with Gasteiger partial charge in [-0.1, -0.05) is 41.4 Å². The SMILES string of the molecule is O=C(Cc1c(Cl)cccc1Cl)Nc1nc2ccccc2[nH]1. The molecule has 21 heavy (non-hydrogen) atoms. The van der Waals surface area contributed by atoms with E-state index < -0.39 is 0 Å². The van der Waals surface area contributed by atoms with Crippen LogP contribution in [0.25, 0.3) is 11.0 Å². The Morgan fingerprint density at radius 1 is 1.10 bits per heavy atom. The van der Waals surface area contributed by atoms with Gasteiger partial charge >= 0.3 is 0 Å². The van der Waals surface area contributed by atoms with Crippen molar-refractivity contribution in [2.75, 3.05) is 5.32 Å². The first-order valence-corrected chi connectivity index (χ1v) is 7.06. The highest BCUT2D eigenvalue weighted by molar-refractivity contribution is 6.36. The monoisotopic (exact) mass is 319 g/mol. The summed E-state index contributed by atoms with van der Waals surface area (Å²) in [5, 5.41) is 3.66. The van der Waals surface area contributed by atoms with Gasteiger partial charge in [0.25, 0.3) is 0 Å². The summed E-state index contributed by atoms with van der Waals surface area (Å²) in [7, 11) is 0. The van der Waals surface area contributed by atoms with Crippen LogP contribution >= 0.6 is 23.2 Å². The van der Waals surface area contributed by atoms with Crippen molar-refractivity contribution >= 4 is 46.1 Å². The minimum atomic E-state index is -0.232. The molecule has 0 aliphatic heterocycles. The zero-order valence-corrected chi connectivity index (χ0v) is 12.4. The quantitative estimate of drug-likeness (QED) is 0.765. The fourth-order valence-corrected chi connectivity index (χ4v) is 2.58. The third kappa shape index (κ3) is 3.01. The van der Waals surface area contributed by atoms with Crippen molar-refractivity contribution in [3.8, 4) is 0 Å². The Morgan fingerprint density at radius 3 is 2.52 bits per heavy atom. The van der Waals surface area contributed by atoms with Gasteiger partial charge in [-0.15, -0.1) is 0 Å². The Bertz CT molecular complexity index is 760. The molecule has 1 amide bonds. The van der Waals surface area contributed by atoms with Crippen LogP contribution in [-0.2, 0) is 11.2 Å². The molecule has 2 N–H and O–H groups in total. The van der Waals surface area contributed by atoms with Gasteiger partial charge in [0.15, 0.2) is 0 Å². The Balaban J connectivity index is 1.77. The number of halogens is 2. The number of amides is 1. The molecule has 0 saturated heterocycles. The van der Waals surface area contributed by atoms with Gasteiger partial charge in [0.2, 0.25) is 11.9 Å². The van der Waals surface area contributed by atoms with Gasteiger partial charge in [0.1, 0.15) is 0 Å². The molecule has 1 aromatic heterocycles. The highest BCUT2D eigenvalue weighted by Crippen LogP contribution is 2.25. The zero-order chi connectivity index (χ0) is 14.8. The number of hydrogen-bond acceptors (Lipinski definition) is 2. The van der Waals surface area contributed by atoms with Gasteiger partial charge in [0.05, 0.1) is 17.5 Å². The molecule has 0 aliphatic rings. The summed E-state index contributed by atoms with van der Waals surface area (Å²) in [6.45, 7) is 0. The predicted octanol–water partition coefficient (Wildman–Crippen LogP) is 4.05. The third-order valence-electron chi connectivity index (χ3n) is 3.05. The lowest BCUT2D eigenvalue weighted by atomic mass is 10.1. The molecule has 0 spiro atoms. The molecular weight excluding hydrogens is 309 g/mol. The Labute approximate surface area is 131 Å². The van der Waals surface area contributed by atoms with Gasteiger partial charge in [-0.05, 0) is 29.8 Å². The van der Waals surface area contributed by atoms with Crippen molar-refractivity contribution in [1.29, 1.82) is 0 Å². The lowest BCUT2D eigenvalue weighted by molar-refractivity contribution is -0.115. The first-order chi connectivity index (χ1) is 10.1. The topological polar surface area (TPSA) is 57.8 Å². The van der Waals surface area contributed by atoms with Crippen molar-refractivity contribution in [2.45, 2.75) is 6.42 Å². The summed E-state index contributed by atoms with van der Waals surface area (Å²) in [6, 6.07) is 12.7. The summed E-state index contributed by atoms with van der Waals surface area (Å²) in [5.74, 6) is 0.174. The maximum atomic E-state index is 12.1. The molecule has 0 atom stereocenters. The average molecular weight is 320 g/mol. The van der Waals surface area contributed by atoms with Gasteiger partial charge < -0.3 is 4.98 Å². The van der Waals surface area contributed by atoms with Gasteiger partial charge in [-0.2, -0.15) is 0 Å². The summed E-state index contributed by atoms with van der Waals surface area (Å²) < 4.78 is 0. The van der Waals surface area contributed by atoms with Gasteiger partial charge in [0, 0.05) is 10.0 Å². The molecule has 1 heterocycles. The first-order valence-electron chi connectivity index (χ1n) is 6.31. The summed E-state index contributed by atoms with van der Waals surface area (Å²) >= 11 is 12.1. The molecule has 0 radical (unpaired) electrons. The Morgan fingerprint density at radius 2 is 1.81 bits per heavy atom. The minimum Gasteiger partial charge on any atom is -0.324 e. The number of rotatable bonds is 3. The molecular formula is C15H11Cl2N3O. The number of aromatic nitrogens is 2. The van der Waals surface area contributed by atoms with Crippen LogP contribution in [0.5, 0.6) is 0 Å². The van der Waals surface area contributed by atoms with Crippen LogP contribution in [-0.4, -0.2) is 15.9 Å². The number of para-hydroxylation sites is 2. The maximum Gasteiger partial charge on any atom is 0.231 e. The summed E-state index contributed by atoms with van der Waals surface area (Å²) in [5.41, 5.74) is 2.27. The van der Waals surface area contributed by atoms with E-state index in [1.54, 1.807) is 18.2 Å². The number of aromatic amines is 1. The van der Waals surface area contributed by atoms with E-state index in [0.29, 0.717) is 21.6 Å². The molecule has 6 heteroatoms. The van der Waals surface area contributed by atoms with Crippen LogP contribution in [0.2, 0.25) is 10.0 Å². The number of nitrogens with one attached hydrogen (secondary N) is 2. The van der Waals surface area contributed by atoms with Crippen LogP contribution in [0.1, 0.15) is 5.56 Å². The van der Waals surface area contributed by atoms with E-state index in [1.807, 2.05) is 24.3 Å². The van der Waals surface area contributed by atoms with Crippen LogP contribution < -0.4 is 5.32 Å². The molecule has 3 rings (SSSR count). The highest BCUT2D eigenvalue weighted by atomic mass is 35.5. The van der Waals surface area contributed by atoms with E-state index in [2.05, 4.69) is 15.3 Å². The number of nitrogens with zero attached hydrogens (tertiary/aromatic N) is 1. The van der Waals surface area contributed by atoms with Crippen molar-refractivity contribution < 1.29 is 4.79 Å². The molecule has 3 aromatic rings. The van der Waals surface area contributed by atoms with Crippen molar-refractivity contribution in [2.24, 2.45) is 0 Å². The largest absolute Gasteiger partial charge is 0.324 e. The van der Waals surface area contributed by atoms with Crippen LogP contribution in [0, 0.1) is 0 Å². The molecule has 0 aliphatic carbocycles. The number of carbonyl (C=O) groups excluding carboxylic acids is 1. The number of anilines is 1. The molecule has 4 nitrogen and oxygen atoms in total. The maximum absolute atomic E-state index is 12.1. The molecule has 2 aromatic carbocycles. The molecule has 106 valence electrons. The highest BCUT2D eigenvalue weighted by Gasteiger charge is 2.12. The van der Waals surface area contributed by atoms with Crippen molar-refractivity contribution in [3.63, 3.8) is 0 Å². The van der Waals surface area contributed by atoms with E-state index in [4.69, 9.17) is 23.2 Å². The van der Waals surface area contributed by atoms with E-state index in [0.717, 1.165) is 11.0 Å². The van der Waals surface area contributed by atoms with E-state index in [-0.39, 0.29) is 12.3 Å². The number of H-pyrrole nitrogens is 1. The smallest absolute Gasteiger partial charge is 0.231 e. The fraction of sp³-hybridized carbons (Fsp3) is 0.0667. The third-order valence-corrected chi connectivity index (χ3v) is 3.75. The number of benzene rings is 2. The van der Waals surface area contributed by atoms with E-state index >= 15 is 0 Å². The fourth-order valence-electron chi connectivity index (χ4n) is 2.05. The van der Waals surface area contributed by atoms with Crippen LogP contribution in [0.15, 0.2) is 42.5 Å². The second-order valence-electron chi connectivity index (χ2n) is 4.53. The standard InChI is InChI=1S/C15H11Cl2N3O/c16-10-4-3-5-11(17)9(10)8-14(21)20-15-18-12-6-1-2-7-13(12)19-15/h1-7H,8H2,(H2,18,19,20,21). The minimum absolute atomic E-state index is 0.0928. The van der Waals surface area contributed by atoms with E-state index in [9.17, 15) is 4.79 Å². The summed E-state index contributed by atoms with van der Waals surface area (Å²) in [4.78, 5) is 19.4. The van der Waals surface area contributed by atoms with Crippen molar-refractivity contribution in [1.82, 2.24) is 9.97 Å². The Kier molecular flexibility index (Phi) is 3.82. The average Bonchev–Trinajstić information content (AvgIpc) is 2.85. The molecule has 0 fully saturated rings. The number of carbonyl (C=O) groups is 1. The lowest BCUT2D eigenvalue weighted by Gasteiger charge is -2.06.